The summed E-state index contributed by atoms with van der Waals surface area (Å²) in [6.45, 7) is 8.31. The van der Waals surface area contributed by atoms with Gasteiger partial charge in [-0.1, -0.05) is 25.4 Å². The number of esters is 2. The molecule has 1 atom stereocenters. The number of carbonyl (C=O) groups excluding carboxylic acids is 4. The van der Waals surface area contributed by atoms with Crippen molar-refractivity contribution in [2.75, 3.05) is 19.6 Å². The summed E-state index contributed by atoms with van der Waals surface area (Å²) in [6.07, 6.45) is 2.73. The Morgan fingerprint density at radius 3 is 2.68 bits per heavy atom. The van der Waals surface area contributed by atoms with Gasteiger partial charge in [0.2, 0.25) is 5.91 Å². The van der Waals surface area contributed by atoms with Crippen molar-refractivity contribution in [3.63, 3.8) is 0 Å². The van der Waals surface area contributed by atoms with E-state index in [0.29, 0.717) is 47.3 Å². The highest BCUT2D eigenvalue weighted by molar-refractivity contribution is 6.32. The lowest BCUT2D eigenvalue weighted by molar-refractivity contribution is -0.167. The number of benzene rings is 1. The lowest BCUT2D eigenvalue weighted by Gasteiger charge is -2.32. The van der Waals surface area contributed by atoms with Gasteiger partial charge in [-0.25, -0.2) is 4.98 Å². The third-order valence-electron chi connectivity index (χ3n) is 9.80. The smallest absolute Gasteiger partial charge is 0.326 e. The predicted octanol–water partition coefficient (Wildman–Crippen LogP) is 4.31. The Morgan fingerprint density at radius 1 is 1.19 bits per heavy atom. The number of carbonyl (C=O) groups is 4. The standard InChI is InChI=1S/C35H39ClN4O7/c1-4-35(47-32(44)16-37-30(42)6-5-11-41)15-31(43)46-19-25-26(35)13-29-33-24(18-40(29)34(25)45)23(17-39-9-7-20(2)8-10-39)22-12-21(3)27(36)14-28(22)38-33/h11-14,20H,4-10,15-19H2,1-3H3,(H,37,42)/t35-/m1/s1. The van der Waals surface area contributed by atoms with Crippen LogP contribution in [-0.4, -0.2) is 58.2 Å². The fourth-order valence-corrected chi connectivity index (χ4v) is 7.12. The van der Waals surface area contributed by atoms with Gasteiger partial charge in [0.25, 0.3) is 5.56 Å². The molecule has 3 aliphatic rings. The number of pyridine rings is 2. The molecule has 6 rings (SSSR count). The van der Waals surface area contributed by atoms with Gasteiger partial charge < -0.3 is 24.2 Å². The average molecular weight is 663 g/mol. The number of amides is 1. The van der Waals surface area contributed by atoms with Crippen LogP contribution >= 0.6 is 11.6 Å². The van der Waals surface area contributed by atoms with E-state index in [4.69, 9.17) is 26.1 Å². The Morgan fingerprint density at radius 2 is 1.96 bits per heavy atom. The first-order chi connectivity index (χ1) is 22.5. The van der Waals surface area contributed by atoms with Crippen LogP contribution in [0.15, 0.2) is 23.0 Å². The molecule has 0 spiro atoms. The Hall–Kier alpha value is -4.09. The Bertz CT molecular complexity index is 1850. The first-order valence-corrected chi connectivity index (χ1v) is 16.6. The predicted molar refractivity (Wildman–Crippen MR) is 175 cm³/mol. The van der Waals surface area contributed by atoms with Crippen molar-refractivity contribution in [3.8, 4) is 11.4 Å². The van der Waals surface area contributed by atoms with Crippen LogP contribution in [0.3, 0.4) is 0 Å². The number of aromatic nitrogens is 2. The zero-order chi connectivity index (χ0) is 33.5. The number of nitrogens with zero attached hydrogens (tertiary/aromatic N) is 3. The quantitative estimate of drug-likeness (QED) is 0.205. The van der Waals surface area contributed by atoms with E-state index >= 15 is 0 Å². The van der Waals surface area contributed by atoms with Gasteiger partial charge in [-0.15, -0.1) is 0 Å². The van der Waals surface area contributed by atoms with Crippen molar-refractivity contribution in [2.24, 2.45) is 5.92 Å². The molecule has 0 bridgehead atoms. The molecular formula is C35H39ClN4O7. The zero-order valence-corrected chi connectivity index (χ0v) is 27.7. The molecule has 11 nitrogen and oxygen atoms in total. The SMILES string of the molecule is CC[C@@]1(OC(=O)CNC(=O)CCC=O)CC(=O)OCc2c1cc1n(c2=O)Cc2c-1nc1cc(Cl)c(C)cc1c2CN1CCC(C)CC1. The number of hydrogen-bond donors (Lipinski definition) is 1. The first kappa shape index (κ1) is 32.8. The highest BCUT2D eigenvalue weighted by Crippen LogP contribution is 2.43. The van der Waals surface area contributed by atoms with E-state index < -0.39 is 30.0 Å². The molecule has 3 aromatic rings. The van der Waals surface area contributed by atoms with E-state index in [2.05, 4.69) is 23.2 Å². The molecule has 1 N–H and O–H groups in total. The molecule has 0 unspecified atom stereocenters. The van der Waals surface area contributed by atoms with Crippen molar-refractivity contribution in [2.45, 2.75) is 84.6 Å². The summed E-state index contributed by atoms with van der Waals surface area (Å²) in [6, 6.07) is 5.75. The molecule has 248 valence electrons. The number of cyclic esters (lactones) is 1. The average Bonchev–Trinajstić information content (AvgIpc) is 3.35. The second-order valence-corrected chi connectivity index (χ2v) is 13.4. The number of rotatable bonds is 9. The van der Waals surface area contributed by atoms with E-state index in [9.17, 15) is 24.0 Å². The molecule has 1 fully saturated rings. The van der Waals surface area contributed by atoms with Crippen LogP contribution in [0.4, 0.5) is 0 Å². The topological polar surface area (TPSA) is 137 Å². The highest BCUT2D eigenvalue weighted by atomic mass is 35.5. The summed E-state index contributed by atoms with van der Waals surface area (Å²) in [5, 5.41) is 4.06. The van der Waals surface area contributed by atoms with E-state index in [0.717, 1.165) is 53.5 Å². The van der Waals surface area contributed by atoms with Crippen LogP contribution in [0, 0.1) is 12.8 Å². The van der Waals surface area contributed by atoms with Crippen molar-refractivity contribution < 1.29 is 28.7 Å². The number of nitrogens with one attached hydrogen (secondary N) is 1. The molecule has 0 aliphatic carbocycles. The zero-order valence-electron chi connectivity index (χ0n) is 26.9. The number of hydrogen-bond acceptors (Lipinski definition) is 9. The number of ether oxygens (including phenoxy) is 2. The molecule has 2 aromatic heterocycles. The van der Waals surface area contributed by atoms with Crippen molar-refractivity contribution in [3.05, 3.63) is 61.4 Å². The summed E-state index contributed by atoms with van der Waals surface area (Å²) in [5.74, 6) is -1.18. The fourth-order valence-electron chi connectivity index (χ4n) is 6.97. The lowest BCUT2D eigenvalue weighted by atomic mass is 9.85. The number of piperidine rings is 1. The van der Waals surface area contributed by atoms with Gasteiger partial charge >= 0.3 is 11.9 Å². The Labute approximate surface area is 277 Å². The van der Waals surface area contributed by atoms with Gasteiger partial charge in [0.05, 0.1) is 35.4 Å². The molecule has 0 radical (unpaired) electrons. The second kappa shape index (κ2) is 13.2. The number of fused-ring (bicyclic) bond motifs is 5. The fraction of sp³-hybridized carbons (Fsp3) is 0.486. The monoisotopic (exact) mass is 662 g/mol. The molecule has 12 heteroatoms. The third-order valence-corrected chi connectivity index (χ3v) is 10.2. The number of aryl methyl sites for hydroxylation is 1. The van der Waals surface area contributed by atoms with Gasteiger partial charge in [-0.2, -0.15) is 0 Å². The van der Waals surface area contributed by atoms with Crippen LogP contribution in [-0.2, 0) is 53.9 Å². The number of halogens is 1. The molecular weight excluding hydrogens is 624 g/mol. The highest BCUT2D eigenvalue weighted by Gasteiger charge is 2.44. The summed E-state index contributed by atoms with van der Waals surface area (Å²) in [7, 11) is 0. The van der Waals surface area contributed by atoms with Crippen LogP contribution in [0.25, 0.3) is 22.3 Å². The van der Waals surface area contributed by atoms with Crippen molar-refractivity contribution in [1.29, 1.82) is 0 Å². The normalized spacial score (nSPS) is 19.4. The Balaban J connectivity index is 1.45. The minimum atomic E-state index is -1.50. The minimum Gasteiger partial charge on any atom is -0.460 e. The third kappa shape index (κ3) is 6.30. The maximum absolute atomic E-state index is 14.3. The molecule has 1 amide bonds. The molecule has 47 heavy (non-hydrogen) atoms. The maximum Gasteiger partial charge on any atom is 0.326 e. The van der Waals surface area contributed by atoms with E-state index in [1.54, 1.807) is 11.5 Å². The van der Waals surface area contributed by atoms with Crippen molar-refractivity contribution in [1.82, 2.24) is 19.8 Å². The first-order valence-electron chi connectivity index (χ1n) is 16.2. The van der Waals surface area contributed by atoms with Crippen LogP contribution in [0.2, 0.25) is 5.02 Å². The lowest BCUT2D eigenvalue weighted by Crippen LogP contribution is -2.40. The van der Waals surface area contributed by atoms with E-state index in [-0.39, 0.29) is 43.4 Å². The van der Waals surface area contributed by atoms with E-state index in [1.807, 2.05) is 19.1 Å². The number of likely N-dealkylation sites (tertiary alicyclic amines) is 1. The van der Waals surface area contributed by atoms with Gasteiger partial charge in [0.1, 0.15) is 25.0 Å². The molecule has 1 aromatic carbocycles. The molecule has 0 saturated carbocycles. The number of aldehydes is 1. The molecule has 1 saturated heterocycles. The van der Waals surface area contributed by atoms with Gasteiger partial charge in [-0.05, 0) is 74.5 Å². The summed E-state index contributed by atoms with van der Waals surface area (Å²) < 4.78 is 13.1. The van der Waals surface area contributed by atoms with Gasteiger partial charge in [-0.3, -0.25) is 24.1 Å². The molecule has 5 heterocycles. The van der Waals surface area contributed by atoms with E-state index in [1.165, 1.54) is 0 Å². The summed E-state index contributed by atoms with van der Waals surface area (Å²) in [4.78, 5) is 70.4. The van der Waals surface area contributed by atoms with Crippen LogP contribution in [0.1, 0.15) is 80.2 Å². The second-order valence-electron chi connectivity index (χ2n) is 12.9. The van der Waals surface area contributed by atoms with Crippen LogP contribution in [0.5, 0.6) is 0 Å². The van der Waals surface area contributed by atoms with Crippen molar-refractivity contribution >= 4 is 46.6 Å². The Kier molecular flexibility index (Phi) is 9.22. The summed E-state index contributed by atoms with van der Waals surface area (Å²) >= 11 is 6.58. The summed E-state index contributed by atoms with van der Waals surface area (Å²) in [5.41, 5.74) is 3.78. The van der Waals surface area contributed by atoms with Crippen LogP contribution < -0.4 is 10.9 Å². The molecule has 3 aliphatic heterocycles. The van der Waals surface area contributed by atoms with Gasteiger partial charge in [0.15, 0.2) is 0 Å². The van der Waals surface area contributed by atoms with Gasteiger partial charge in [0, 0.05) is 40.9 Å². The minimum absolute atomic E-state index is 0.0314. The largest absolute Gasteiger partial charge is 0.460 e. The maximum atomic E-state index is 14.3.